The van der Waals surface area contributed by atoms with Gasteiger partial charge in [-0.1, -0.05) is 18.2 Å². The lowest BCUT2D eigenvalue weighted by Crippen LogP contribution is -2.29. The fraction of sp³-hybridized carbons (Fsp3) is 0.250. The summed E-state index contributed by atoms with van der Waals surface area (Å²) in [6.45, 7) is 5.86. The Kier molecular flexibility index (Phi) is 6.51. The van der Waals surface area contributed by atoms with Crippen LogP contribution in [-0.4, -0.2) is 31.7 Å². The number of nitrogens with one attached hydrogen (secondary N) is 1. The number of hydrogen-bond acceptors (Lipinski definition) is 4. The van der Waals surface area contributed by atoms with Crippen molar-refractivity contribution in [1.82, 2.24) is 24.8 Å². The van der Waals surface area contributed by atoms with Crippen LogP contribution < -0.4 is 10.1 Å². The lowest BCUT2D eigenvalue weighted by atomic mass is 9.96. The van der Waals surface area contributed by atoms with Crippen molar-refractivity contribution < 1.29 is 4.74 Å². The van der Waals surface area contributed by atoms with Gasteiger partial charge >= 0.3 is 0 Å². The summed E-state index contributed by atoms with van der Waals surface area (Å²) in [4.78, 5) is 11.1. The van der Waals surface area contributed by atoms with Crippen LogP contribution in [0.1, 0.15) is 45.9 Å². The summed E-state index contributed by atoms with van der Waals surface area (Å²) in [7, 11) is 1.68. The average Bonchev–Trinajstić information content (AvgIpc) is 3.36. The molecule has 0 amide bonds. The standard InChI is InChI=1S/C28H29N5OS/c1-19-16-24(20(2)32(19)17-22-11-14-29-15-12-22)27-26(25-6-4-5-13-30-25)31-28(35)33(27)18-21-7-9-23(34-3)10-8-21/h4-16,26-27H,17-18H2,1-3H3,(H,31,35)/t26-,27-/m0/s1. The van der Waals surface area contributed by atoms with Gasteiger partial charge in [-0.2, -0.15) is 0 Å². The van der Waals surface area contributed by atoms with Gasteiger partial charge < -0.3 is 19.5 Å². The van der Waals surface area contributed by atoms with Crippen molar-refractivity contribution in [3.63, 3.8) is 0 Å². The first-order valence-corrected chi connectivity index (χ1v) is 12.1. The van der Waals surface area contributed by atoms with E-state index in [4.69, 9.17) is 17.0 Å². The molecule has 35 heavy (non-hydrogen) atoms. The van der Waals surface area contributed by atoms with Crippen molar-refractivity contribution >= 4 is 17.3 Å². The Morgan fingerprint density at radius 1 is 0.943 bits per heavy atom. The summed E-state index contributed by atoms with van der Waals surface area (Å²) < 4.78 is 7.71. The Morgan fingerprint density at radius 3 is 2.37 bits per heavy atom. The quantitative estimate of drug-likeness (QED) is 0.368. The van der Waals surface area contributed by atoms with Crippen molar-refractivity contribution in [3.8, 4) is 5.75 Å². The first-order chi connectivity index (χ1) is 17.0. The smallest absolute Gasteiger partial charge is 0.170 e. The molecule has 4 heterocycles. The molecule has 1 N–H and O–H groups in total. The second-order valence-corrected chi connectivity index (χ2v) is 9.26. The Bertz CT molecular complexity index is 1300. The molecule has 7 heteroatoms. The molecule has 1 aliphatic heterocycles. The van der Waals surface area contributed by atoms with E-state index in [1.807, 2.05) is 42.9 Å². The first kappa shape index (κ1) is 23.1. The van der Waals surface area contributed by atoms with E-state index in [1.165, 1.54) is 28.1 Å². The van der Waals surface area contributed by atoms with Crippen LogP contribution in [0.2, 0.25) is 0 Å². The molecule has 1 saturated heterocycles. The zero-order chi connectivity index (χ0) is 24.4. The fourth-order valence-electron chi connectivity index (χ4n) is 4.88. The normalized spacial score (nSPS) is 17.5. The van der Waals surface area contributed by atoms with Gasteiger partial charge in [-0.25, -0.2) is 0 Å². The van der Waals surface area contributed by atoms with Gasteiger partial charge in [0.2, 0.25) is 0 Å². The van der Waals surface area contributed by atoms with E-state index in [2.05, 4.69) is 75.0 Å². The maximum atomic E-state index is 5.88. The molecule has 0 bridgehead atoms. The molecule has 6 nitrogen and oxygen atoms in total. The molecule has 1 aliphatic rings. The molecule has 5 rings (SSSR count). The molecule has 4 aromatic rings. The Hall–Kier alpha value is -3.71. The van der Waals surface area contributed by atoms with Crippen LogP contribution in [0.25, 0.3) is 0 Å². The lowest BCUT2D eigenvalue weighted by Gasteiger charge is -2.28. The maximum absolute atomic E-state index is 5.88. The molecule has 0 unspecified atom stereocenters. The Labute approximate surface area is 211 Å². The molecule has 1 aromatic carbocycles. The van der Waals surface area contributed by atoms with Crippen LogP contribution in [0.3, 0.4) is 0 Å². The highest BCUT2D eigenvalue weighted by molar-refractivity contribution is 7.80. The van der Waals surface area contributed by atoms with Crippen molar-refractivity contribution in [2.45, 2.75) is 39.0 Å². The summed E-state index contributed by atoms with van der Waals surface area (Å²) in [6.07, 6.45) is 5.53. The summed E-state index contributed by atoms with van der Waals surface area (Å²) in [5, 5.41) is 4.31. The number of nitrogens with zero attached hydrogens (tertiary/aromatic N) is 4. The minimum absolute atomic E-state index is 0.0110. The highest BCUT2D eigenvalue weighted by Crippen LogP contribution is 2.41. The topological polar surface area (TPSA) is 55.2 Å². The SMILES string of the molecule is COc1ccc(CN2C(=S)N[C@@H](c3ccccn3)[C@@H]2c2cc(C)n(Cc3ccncc3)c2C)cc1. The highest BCUT2D eigenvalue weighted by atomic mass is 32.1. The van der Waals surface area contributed by atoms with Gasteiger partial charge in [0.25, 0.3) is 0 Å². The molecular formula is C28H29N5OS. The van der Waals surface area contributed by atoms with Crippen molar-refractivity contribution in [3.05, 3.63) is 113 Å². The first-order valence-electron chi connectivity index (χ1n) is 11.7. The minimum Gasteiger partial charge on any atom is -0.497 e. The van der Waals surface area contributed by atoms with Gasteiger partial charge in [0.1, 0.15) is 5.75 Å². The molecule has 0 radical (unpaired) electrons. The highest BCUT2D eigenvalue weighted by Gasteiger charge is 2.41. The summed E-state index contributed by atoms with van der Waals surface area (Å²) in [5.74, 6) is 0.846. The van der Waals surface area contributed by atoms with Crippen molar-refractivity contribution in [1.29, 1.82) is 0 Å². The summed E-state index contributed by atoms with van der Waals surface area (Å²) in [5.41, 5.74) is 7.09. The number of ether oxygens (including phenoxy) is 1. The average molecular weight is 484 g/mol. The number of thiocarbonyl (C=S) groups is 1. The molecule has 0 spiro atoms. The summed E-state index contributed by atoms with van der Waals surface area (Å²) >= 11 is 5.88. The van der Waals surface area contributed by atoms with Crippen LogP contribution in [0, 0.1) is 13.8 Å². The zero-order valence-electron chi connectivity index (χ0n) is 20.2. The Balaban J connectivity index is 1.54. The molecule has 1 fully saturated rings. The predicted molar refractivity (Wildman–Crippen MR) is 141 cm³/mol. The monoisotopic (exact) mass is 483 g/mol. The third kappa shape index (κ3) is 4.64. The number of benzene rings is 1. The number of rotatable bonds is 7. The second kappa shape index (κ2) is 9.88. The minimum atomic E-state index is -0.0446. The molecule has 0 saturated carbocycles. The van der Waals surface area contributed by atoms with Crippen molar-refractivity contribution in [2.75, 3.05) is 7.11 Å². The largest absolute Gasteiger partial charge is 0.497 e. The van der Waals surface area contributed by atoms with Gasteiger partial charge in [0.05, 0.1) is 24.9 Å². The van der Waals surface area contributed by atoms with Crippen LogP contribution in [-0.2, 0) is 13.1 Å². The summed E-state index contributed by atoms with van der Waals surface area (Å²) in [6, 6.07) is 20.6. The van der Waals surface area contributed by atoms with E-state index in [0.29, 0.717) is 6.54 Å². The Morgan fingerprint density at radius 2 is 1.69 bits per heavy atom. The van der Waals surface area contributed by atoms with E-state index < -0.39 is 0 Å². The van der Waals surface area contributed by atoms with E-state index in [0.717, 1.165) is 23.1 Å². The number of pyridine rings is 2. The fourth-order valence-corrected chi connectivity index (χ4v) is 5.19. The van der Waals surface area contributed by atoms with Gasteiger partial charge in [-0.3, -0.25) is 9.97 Å². The molecule has 2 atom stereocenters. The lowest BCUT2D eigenvalue weighted by molar-refractivity contribution is 0.309. The predicted octanol–water partition coefficient (Wildman–Crippen LogP) is 5.12. The molecule has 0 aliphatic carbocycles. The zero-order valence-corrected chi connectivity index (χ0v) is 21.0. The van der Waals surface area contributed by atoms with E-state index in [9.17, 15) is 0 Å². The van der Waals surface area contributed by atoms with Crippen LogP contribution in [0.15, 0.2) is 79.3 Å². The van der Waals surface area contributed by atoms with E-state index in [-0.39, 0.29) is 12.1 Å². The van der Waals surface area contributed by atoms with E-state index >= 15 is 0 Å². The third-order valence-corrected chi connectivity index (χ3v) is 7.08. The number of aryl methyl sites for hydroxylation is 1. The van der Waals surface area contributed by atoms with Gasteiger partial charge in [-0.15, -0.1) is 0 Å². The van der Waals surface area contributed by atoms with E-state index in [1.54, 1.807) is 7.11 Å². The van der Waals surface area contributed by atoms with Crippen LogP contribution in [0.5, 0.6) is 5.75 Å². The number of methoxy groups -OCH3 is 1. The van der Waals surface area contributed by atoms with Crippen molar-refractivity contribution in [2.24, 2.45) is 0 Å². The second-order valence-electron chi connectivity index (χ2n) is 8.87. The van der Waals surface area contributed by atoms with Crippen LogP contribution in [0.4, 0.5) is 0 Å². The molecule has 178 valence electrons. The maximum Gasteiger partial charge on any atom is 0.170 e. The van der Waals surface area contributed by atoms with Gasteiger partial charge in [-0.05, 0) is 85.2 Å². The molecule has 3 aromatic heterocycles. The van der Waals surface area contributed by atoms with Gasteiger partial charge in [0, 0.05) is 43.1 Å². The molecular weight excluding hydrogens is 454 g/mol. The number of hydrogen-bond donors (Lipinski definition) is 1. The third-order valence-electron chi connectivity index (χ3n) is 6.73. The number of aromatic nitrogens is 3. The van der Waals surface area contributed by atoms with Gasteiger partial charge in [0.15, 0.2) is 5.11 Å². The van der Waals surface area contributed by atoms with Crippen LogP contribution >= 0.6 is 12.2 Å².